The summed E-state index contributed by atoms with van der Waals surface area (Å²) in [7, 11) is 0. The molecule has 0 amide bonds. The molecule has 0 saturated heterocycles. The van der Waals surface area contributed by atoms with E-state index in [0.29, 0.717) is 32.9 Å². The molecule has 0 aliphatic rings. The van der Waals surface area contributed by atoms with Crippen LogP contribution < -0.4 is 0 Å². The number of carboxylic acid groups (broad SMARTS) is 1. The smallest absolute Gasteiger partial charge is 0.307 e. The Bertz CT molecular complexity index is 647. The maximum Gasteiger partial charge on any atom is 0.307 e. The summed E-state index contributed by atoms with van der Waals surface area (Å²) in [5, 5.41) is 11.4. The highest BCUT2D eigenvalue weighted by Gasteiger charge is 2.21. The molecule has 0 radical (unpaired) electrons. The summed E-state index contributed by atoms with van der Waals surface area (Å²) < 4.78 is 0. The number of benzene rings is 2. The van der Waals surface area contributed by atoms with Gasteiger partial charge in [0.2, 0.25) is 0 Å². The minimum atomic E-state index is -0.906. The van der Waals surface area contributed by atoms with Crippen molar-refractivity contribution in [2.24, 2.45) is 5.92 Å². The van der Waals surface area contributed by atoms with E-state index in [9.17, 15) is 9.90 Å². The lowest BCUT2D eigenvalue weighted by Gasteiger charge is -2.15. The van der Waals surface area contributed by atoms with E-state index in [0.717, 1.165) is 11.1 Å². The molecule has 2 rings (SSSR count). The van der Waals surface area contributed by atoms with Gasteiger partial charge in [-0.2, -0.15) is 0 Å². The van der Waals surface area contributed by atoms with Crippen molar-refractivity contribution in [3.8, 4) is 0 Å². The van der Waals surface area contributed by atoms with Crippen LogP contribution in [-0.2, 0) is 17.6 Å². The van der Waals surface area contributed by atoms with Crippen molar-refractivity contribution < 1.29 is 9.90 Å². The molecule has 2 aromatic rings. The first-order chi connectivity index (χ1) is 10.4. The van der Waals surface area contributed by atoms with Crippen LogP contribution in [0, 0.1) is 5.92 Å². The van der Waals surface area contributed by atoms with Crippen LogP contribution in [0.2, 0.25) is 20.1 Å². The van der Waals surface area contributed by atoms with Crippen molar-refractivity contribution >= 4 is 52.4 Å². The number of aliphatic carboxylic acids is 1. The Balaban J connectivity index is 2.21. The molecule has 0 aliphatic carbocycles. The molecule has 116 valence electrons. The fraction of sp³-hybridized carbons (Fsp3) is 0.188. The van der Waals surface area contributed by atoms with E-state index in [1.165, 1.54) is 0 Å². The van der Waals surface area contributed by atoms with Crippen LogP contribution in [0.1, 0.15) is 11.1 Å². The largest absolute Gasteiger partial charge is 0.481 e. The highest BCUT2D eigenvalue weighted by molar-refractivity contribution is 6.35. The van der Waals surface area contributed by atoms with Gasteiger partial charge in [-0.05, 0) is 48.2 Å². The van der Waals surface area contributed by atoms with Crippen molar-refractivity contribution in [3.05, 3.63) is 67.6 Å². The van der Waals surface area contributed by atoms with Gasteiger partial charge in [0.05, 0.1) is 5.92 Å². The first-order valence-corrected chi connectivity index (χ1v) is 7.98. The maximum absolute atomic E-state index is 11.5. The number of hydrogen-bond acceptors (Lipinski definition) is 1. The van der Waals surface area contributed by atoms with E-state index in [-0.39, 0.29) is 0 Å². The molecule has 0 aromatic heterocycles. The Hall–Kier alpha value is -0.930. The van der Waals surface area contributed by atoms with E-state index in [4.69, 9.17) is 46.4 Å². The molecule has 0 spiro atoms. The lowest BCUT2D eigenvalue weighted by atomic mass is 9.92. The Labute approximate surface area is 148 Å². The average Bonchev–Trinajstić information content (AvgIpc) is 2.43. The molecule has 0 bridgehead atoms. The van der Waals surface area contributed by atoms with Crippen molar-refractivity contribution in [2.45, 2.75) is 12.8 Å². The van der Waals surface area contributed by atoms with Crippen LogP contribution in [0.4, 0.5) is 0 Å². The molecule has 0 fully saturated rings. The number of carbonyl (C=O) groups is 1. The molecular weight excluding hydrogens is 366 g/mol. The Morgan fingerprint density at radius 3 is 1.59 bits per heavy atom. The summed E-state index contributed by atoms with van der Waals surface area (Å²) in [6, 6.07) is 10.1. The highest BCUT2D eigenvalue weighted by atomic mass is 35.5. The fourth-order valence-electron chi connectivity index (χ4n) is 2.15. The Morgan fingerprint density at radius 1 is 0.864 bits per heavy atom. The second-order valence-corrected chi connectivity index (χ2v) is 6.60. The molecule has 0 saturated carbocycles. The lowest BCUT2D eigenvalue weighted by Crippen LogP contribution is -2.19. The zero-order valence-corrected chi connectivity index (χ0v) is 14.3. The van der Waals surface area contributed by atoms with Gasteiger partial charge in [0.15, 0.2) is 0 Å². The topological polar surface area (TPSA) is 37.3 Å². The molecule has 0 unspecified atom stereocenters. The second kappa shape index (κ2) is 7.56. The van der Waals surface area contributed by atoms with Crippen molar-refractivity contribution in [1.82, 2.24) is 0 Å². The normalized spacial score (nSPS) is 11.0. The van der Waals surface area contributed by atoms with Gasteiger partial charge in [0.1, 0.15) is 0 Å². The predicted molar refractivity (Wildman–Crippen MR) is 91.5 cm³/mol. The summed E-state index contributed by atoms with van der Waals surface area (Å²) in [4.78, 5) is 11.5. The lowest BCUT2D eigenvalue weighted by molar-refractivity contribution is -0.141. The third-order valence-corrected chi connectivity index (χ3v) is 4.49. The Morgan fingerprint density at radius 2 is 1.27 bits per heavy atom. The number of rotatable bonds is 5. The fourth-order valence-corrected chi connectivity index (χ4v) is 3.12. The molecule has 0 aliphatic heterocycles. The summed E-state index contributed by atoms with van der Waals surface area (Å²) in [5.41, 5.74) is 1.48. The van der Waals surface area contributed by atoms with Gasteiger partial charge in [0.25, 0.3) is 0 Å². The van der Waals surface area contributed by atoms with Crippen molar-refractivity contribution in [3.63, 3.8) is 0 Å². The second-order valence-electron chi connectivity index (χ2n) is 4.91. The predicted octanol–water partition coefficient (Wildman–Crippen LogP) is 5.79. The number of halogens is 4. The summed E-state index contributed by atoms with van der Waals surface area (Å²) >= 11 is 23.9. The zero-order chi connectivity index (χ0) is 16.3. The van der Waals surface area contributed by atoms with Gasteiger partial charge < -0.3 is 5.11 Å². The summed E-state index contributed by atoms with van der Waals surface area (Å²) in [6.07, 6.45) is 0.592. The molecule has 6 heteroatoms. The van der Waals surface area contributed by atoms with E-state index in [2.05, 4.69) is 0 Å². The van der Waals surface area contributed by atoms with Gasteiger partial charge in [-0.3, -0.25) is 4.79 Å². The van der Waals surface area contributed by atoms with Gasteiger partial charge in [-0.15, -0.1) is 0 Å². The van der Waals surface area contributed by atoms with E-state index >= 15 is 0 Å². The molecule has 0 atom stereocenters. The summed E-state index contributed by atoms with van der Waals surface area (Å²) in [5.74, 6) is -1.55. The van der Waals surface area contributed by atoms with Gasteiger partial charge >= 0.3 is 5.97 Å². The Kier molecular flexibility index (Phi) is 5.99. The van der Waals surface area contributed by atoms with Crippen LogP contribution in [0.5, 0.6) is 0 Å². The number of carboxylic acids is 1. The quantitative estimate of drug-likeness (QED) is 0.716. The molecular formula is C16H12Cl4O2. The standard InChI is InChI=1S/C16H12Cl4O2/c17-12-3-1-9(14(19)7-12)5-11(16(21)22)6-10-2-4-13(18)8-15(10)20/h1-4,7-8,11H,5-6H2,(H,21,22). The first-order valence-electron chi connectivity index (χ1n) is 6.47. The molecule has 0 heterocycles. The van der Waals surface area contributed by atoms with Crippen molar-refractivity contribution in [2.75, 3.05) is 0 Å². The highest BCUT2D eigenvalue weighted by Crippen LogP contribution is 2.27. The van der Waals surface area contributed by atoms with Gasteiger partial charge in [-0.25, -0.2) is 0 Å². The van der Waals surface area contributed by atoms with Gasteiger partial charge in [0, 0.05) is 20.1 Å². The van der Waals surface area contributed by atoms with Crippen LogP contribution in [0.3, 0.4) is 0 Å². The maximum atomic E-state index is 11.5. The SMILES string of the molecule is O=C(O)C(Cc1ccc(Cl)cc1Cl)Cc1ccc(Cl)cc1Cl. The third-order valence-electron chi connectivity index (χ3n) is 3.31. The molecule has 1 N–H and O–H groups in total. The van der Waals surface area contributed by atoms with Crippen LogP contribution in [-0.4, -0.2) is 11.1 Å². The zero-order valence-electron chi connectivity index (χ0n) is 11.3. The molecule has 2 nitrogen and oxygen atoms in total. The molecule has 22 heavy (non-hydrogen) atoms. The minimum Gasteiger partial charge on any atom is -0.481 e. The van der Waals surface area contributed by atoms with Crippen molar-refractivity contribution in [1.29, 1.82) is 0 Å². The van der Waals surface area contributed by atoms with Crippen LogP contribution >= 0.6 is 46.4 Å². The van der Waals surface area contributed by atoms with E-state index in [1.54, 1.807) is 36.4 Å². The van der Waals surface area contributed by atoms with E-state index < -0.39 is 11.9 Å². The first kappa shape index (κ1) is 17.4. The third kappa shape index (κ3) is 4.53. The minimum absolute atomic E-state index is 0.296. The molecule has 2 aromatic carbocycles. The van der Waals surface area contributed by atoms with Gasteiger partial charge in [-0.1, -0.05) is 58.5 Å². The monoisotopic (exact) mass is 376 g/mol. The van der Waals surface area contributed by atoms with E-state index in [1.807, 2.05) is 0 Å². The number of hydrogen-bond donors (Lipinski definition) is 1. The summed E-state index contributed by atoms with van der Waals surface area (Å²) in [6.45, 7) is 0. The van der Waals surface area contributed by atoms with Crippen LogP contribution in [0.25, 0.3) is 0 Å². The average molecular weight is 378 g/mol. The van der Waals surface area contributed by atoms with Crippen LogP contribution in [0.15, 0.2) is 36.4 Å².